The molecule has 0 fully saturated rings. The van der Waals surface area contributed by atoms with Gasteiger partial charge < -0.3 is 65.3 Å². The lowest BCUT2D eigenvalue weighted by Crippen LogP contribution is -2.34. The van der Waals surface area contributed by atoms with Crippen LogP contribution in [0.1, 0.15) is 40.0 Å². The van der Waals surface area contributed by atoms with Crippen molar-refractivity contribution in [1.82, 2.24) is 104 Å². The van der Waals surface area contributed by atoms with Gasteiger partial charge in [0.1, 0.15) is 70.8 Å². The molecule has 6 aromatic carbocycles. The molecule has 39 nitrogen and oxygen atoms in total. The standard InChI is InChI=1S/C18H14FN7O.C15H17N7O.C15H12N6O2S2.C15H16N6O2.C15H16N6O/c19-14-6-1-2-7-15(14)25-18(27)24-11-4-3-5-12(8-11)26-17-13(9-23-26)16(20)21-10-22-17;1-9(2)20-15(23)21-10-4-3-5-11(6-10)22-14-12(7-19-22)13(16)17-8-18-14;16-14-12-8-19-21(15(12)18-9-17-14)11-4-1-3-10(7-11)20-25(22,23)13-5-2-6-24-13;1-23-6-5-13(22)20-10-3-2-4-11(7-10)21-15-12(8-19-21)14(16)17-9-18-15;1-2-4-13(22)20-10-5-3-6-11(7-10)21-15-12(8-19-21)14(16)17-9-18-15/h1-10H,(H2,20,21,22)(H2,24,25,27);3-9H,1-2H3,(H2,16,17,18)(H2,20,21,23);1-9,20H,(H2,16,17,18);2-4,7-9H,5-6H2,1H3,(H,20,22)(H2,16,17,18);3,5-9H,2,4H2,1H3,(H,20,22)(H2,16,17,18). The number of rotatable bonds is 19. The summed E-state index contributed by atoms with van der Waals surface area (Å²) in [6, 6.07) is 44.4. The summed E-state index contributed by atoms with van der Waals surface area (Å²) in [5, 5.41) is 42.9. The number of hydrogen-bond acceptors (Lipinski definition) is 28. The van der Waals surface area contributed by atoms with E-state index in [9.17, 15) is 32.0 Å². The van der Waals surface area contributed by atoms with E-state index in [1.54, 1.807) is 140 Å². The first-order valence-electron chi connectivity index (χ1n) is 36.4. The first-order chi connectivity index (χ1) is 58.1. The molecular weight excluding hydrogens is 1580 g/mol. The van der Waals surface area contributed by atoms with Crippen molar-refractivity contribution in [2.75, 3.05) is 73.7 Å². The van der Waals surface area contributed by atoms with E-state index in [0.29, 0.717) is 138 Å². The first kappa shape index (κ1) is 81.9. The molecule has 0 atom stereocenters. The van der Waals surface area contributed by atoms with Gasteiger partial charge in [0.05, 0.1) is 111 Å². The topological polar surface area (TPSA) is 544 Å². The number of nitrogens with two attached hydrogens (primary N) is 5. The normalized spacial score (nSPS) is 11.0. The molecular formula is C78H75FN32O7S2. The summed E-state index contributed by atoms with van der Waals surface area (Å²) >= 11 is 1.16. The molecule has 0 saturated carbocycles. The quantitative estimate of drug-likeness (QED) is 0.0358. The Morgan fingerprint density at radius 2 is 0.767 bits per heavy atom. The molecule has 11 heterocycles. The minimum Gasteiger partial charge on any atom is -0.384 e. The maximum absolute atomic E-state index is 13.6. The number of urea groups is 2. The first-order valence-corrected chi connectivity index (χ1v) is 38.7. The fourth-order valence-corrected chi connectivity index (χ4v) is 13.6. The average Bonchev–Trinajstić information content (AvgIpc) is 1.66. The number of halogens is 1. The van der Waals surface area contributed by atoms with Crippen LogP contribution in [0.2, 0.25) is 0 Å². The van der Waals surface area contributed by atoms with E-state index < -0.39 is 21.9 Å². The third-order valence-electron chi connectivity index (χ3n) is 17.1. The zero-order valence-electron chi connectivity index (χ0n) is 64.2. The van der Waals surface area contributed by atoms with Gasteiger partial charge in [0.25, 0.3) is 10.0 Å². The smallest absolute Gasteiger partial charge is 0.323 e. The summed E-state index contributed by atoms with van der Waals surface area (Å²) in [5.74, 6) is 1.20. The van der Waals surface area contributed by atoms with E-state index in [2.05, 4.69) is 112 Å². The Morgan fingerprint density at radius 1 is 0.425 bits per heavy atom. The lowest BCUT2D eigenvalue weighted by Gasteiger charge is -2.11. The number of carbonyl (C=O) groups is 4. The number of nitrogens with zero attached hydrogens (tertiary/aromatic N) is 20. The van der Waals surface area contributed by atoms with Crippen molar-refractivity contribution < 1.29 is 36.7 Å². The molecule has 17 N–H and O–H groups in total. The molecule has 0 saturated heterocycles. The fourth-order valence-electron chi connectivity index (χ4n) is 11.6. The van der Waals surface area contributed by atoms with Crippen molar-refractivity contribution >= 4 is 164 Å². The van der Waals surface area contributed by atoms with Gasteiger partial charge in [-0.25, -0.2) is 95.6 Å². The number of fused-ring (bicyclic) bond motifs is 5. The molecule has 120 heavy (non-hydrogen) atoms. The minimum atomic E-state index is -3.61. The van der Waals surface area contributed by atoms with Crippen molar-refractivity contribution in [3.05, 3.63) is 232 Å². The van der Waals surface area contributed by atoms with Gasteiger partial charge in [-0.15, -0.1) is 11.3 Å². The van der Waals surface area contributed by atoms with Crippen LogP contribution in [-0.2, 0) is 24.3 Å². The number of sulfonamides is 1. The number of ether oxygens (including phenoxy) is 1. The molecule has 17 rings (SSSR count). The second kappa shape index (κ2) is 37.4. The Balaban J connectivity index is 0.000000130. The lowest BCUT2D eigenvalue weighted by atomic mass is 10.2. The van der Waals surface area contributed by atoms with Crippen molar-refractivity contribution in [3.8, 4) is 28.4 Å². The predicted octanol–water partition coefficient (Wildman–Crippen LogP) is 10.9. The summed E-state index contributed by atoms with van der Waals surface area (Å²) in [6.07, 6.45) is 16.6. The Hall–Kier alpha value is -16.1. The van der Waals surface area contributed by atoms with Gasteiger partial charge in [0.15, 0.2) is 28.2 Å². The van der Waals surface area contributed by atoms with Crippen LogP contribution < -0.4 is 65.3 Å². The van der Waals surface area contributed by atoms with E-state index in [-0.39, 0.29) is 33.8 Å². The molecule has 11 aromatic heterocycles. The number of nitrogens with one attached hydrogen (secondary N) is 7. The fraction of sp³-hybridized carbons (Fsp3) is 0.115. The number of carbonyl (C=O) groups excluding carboxylic acids is 4. The molecule has 0 unspecified atom stereocenters. The monoisotopic (exact) mass is 1650 g/mol. The highest BCUT2D eigenvalue weighted by atomic mass is 32.2. The van der Waals surface area contributed by atoms with E-state index >= 15 is 0 Å². The van der Waals surface area contributed by atoms with Crippen LogP contribution in [-0.4, -0.2) is 151 Å². The number of aromatic nitrogens is 20. The molecule has 0 radical (unpaired) electrons. The van der Waals surface area contributed by atoms with Gasteiger partial charge in [-0.1, -0.05) is 55.5 Å². The summed E-state index contributed by atoms with van der Waals surface area (Å²) in [7, 11) is -2.05. The van der Waals surface area contributed by atoms with Crippen LogP contribution in [0.15, 0.2) is 230 Å². The Labute approximate surface area is 684 Å². The number of amides is 6. The van der Waals surface area contributed by atoms with Crippen molar-refractivity contribution in [2.45, 2.75) is 50.3 Å². The molecule has 0 bridgehead atoms. The Bertz CT molecular complexity index is 6660. The SMILES string of the molecule is CC(C)NC(=O)Nc1cccc(-n2ncc3c(N)ncnc32)c1.CCCC(=O)Nc1cccc(-n2ncc3c(N)ncnc32)c1.COCCC(=O)Nc1cccc(-n2ncc3c(N)ncnc32)c1.Nc1ncnc2c1cnn2-c1cccc(NC(=O)Nc2ccccc2F)c1.Nc1ncnc2c1cnn2-c1cccc(NS(=O)(=O)c2cccs2)c1. The third-order valence-corrected chi connectivity index (χ3v) is 19.9. The van der Waals surface area contributed by atoms with Gasteiger partial charge in [-0.3, -0.25) is 14.3 Å². The van der Waals surface area contributed by atoms with Crippen LogP contribution in [0, 0.1) is 5.82 Å². The summed E-state index contributed by atoms with van der Waals surface area (Å²) < 4.78 is 54.2. The zero-order valence-corrected chi connectivity index (χ0v) is 65.8. The van der Waals surface area contributed by atoms with Gasteiger partial charge in [-0.2, -0.15) is 25.5 Å². The summed E-state index contributed by atoms with van der Waals surface area (Å²) in [4.78, 5) is 88.2. The van der Waals surface area contributed by atoms with Crippen molar-refractivity contribution in [1.29, 1.82) is 0 Å². The highest BCUT2D eigenvalue weighted by Gasteiger charge is 2.20. The summed E-state index contributed by atoms with van der Waals surface area (Å²) in [5.41, 5.74) is 38.8. The number of benzene rings is 6. The number of nitrogen functional groups attached to an aromatic ring is 5. The maximum Gasteiger partial charge on any atom is 0.323 e. The van der Waals surface area contributed by atoms with Gasteiger partial charge >= 0.3 is 12.1 Å². The van der Waals surface area contributed by atoms with Crippen LogP contribution in [0.4, 0.5) is 77.2 Å². The van der Waals surface area contributed by atoms with Crippen molar-refractivity contribution in [3.63, 3.8) is 0 Å². The highest BCUT2D eigenvalue weighted by molar-refractivity contribution is 7.94. The lowest BCUT2D eigenvalue weighted by molar-refractivity contribution is -0.117. The van der Waals surface area contributed by atoms with Gasteiger partial charge in [-0.05, 0) is 135 Å². The third kappa shape index (κ3) is 19.8. The zero-order chi connectivity index (χ0) is 84.4. The van der Waals surface area contributed by atoms with E-state index in [1.807, 2.05) is 93.6 Å². The molecule has 608 valence electrons. The van der Waals surface area contributed by atoms with Crippen LogP contribution in [0.3, 0.4) is 0 Å². The Kier molecular flexibility index (Phi) is 25.6. The second-order valence-corrected chi connectivity index (χ2v) is 28.8. The molecule has 42 heteroatoms. The number of thiophene rings is 1. The molecule has 6 amide bonds. The number of methoxy groups -OCH3 is 1. The van der Waals surface area contributed by atoms with Crippen molar-refractivity contribution in [2.24, 2.45) is 0 Å². The van der Waals surface area contributed by atoms with E-state index in [0.717, 1.165) is 40.5 Å². The van der Waals surface area contributed by atoms with E-state index in [1.165, 1.54) is 43.8 Å². The largest absolute Gasteiger partial charge is 0.384 e. The van der Waals surface area contributed by atoms with E-state index in [4.69, 9.17) is 33.4 Å². The molecule has 0 aliphatic rings. The maximum atomic E-state index is 13.6. The minimum absolute atomic E-state index is 0.00320. The molecule has 0 aliphatic carbocycles. The summed E-state index contributed by atoms with van der Waals surface area (Å²) in [6.45, 7) is 6.15. The average molecular weight is 1660 g/mol. The molecule has 0 spiro atoms. The number of para-hydroxylation sites is 1. The molecule has 17 aromatic rings. The van der Waals surface area contributed by atoms with Gasteiger partial charge in [0, 0.05) is 42.3 Å². The molecule has 0 aliphatic heterocycles. The van der Waals surface area contributed by atoms with Crippen LogP contribution in [0.5, 0.6) is 0 Å². The number of anilines is 11. The van der Waals surface area contributed by atoms with Crippen LogP contribution >= 0.6 is 11.3 Å². The predicted molar refractivity (Wildman–Crippen MR) is 455 cm³/mol. The van der Waals surface area contributed by atoms with Crippen LogP contribution in [0.25, 0.3) is 83.6 Å². The Morgan fingerprint density at radius 3 is 1.11 bits per heavy atom. The highest BCUT2D eigenvalue weighted by Crippen LogP contribution is 2.29. The second-order valence-electron chi connectivity index (χ2n) is 26.0. The number of hydrogen-bond donors (Lipinski definition) is 12. The van der Waals surface area contributed by atoms with Gasteiger partial charge in [0.2, 0.25) is 11.8 Å².